The Kier molecular flexibility index (Phi) is 10.4. The van der Waals surface area contributed by atoms with Crippen molar-refractivity contribution in [3.63, 3.8) is 0 Å². The summed E-state index contributed by atoms with van der Waals surface area (Å²) >= 11 is 0.630. The Balaban J connectivity index is 0.000000631. The molecule has 1 aliphatic rings. The molecule has 18 heavy (non-hydrogen) atoms. The van der Waals surface area contributed by atoms with Gasteiger partial charge in [0.15, 0.2) is 0 Å². The van der Waals surface area contributed by atoms with Gasteiger partial charge in [-0.25, -0.2) is 0 Å². The third-order valence-electron chi connectivity index (χ3n) is 2.63. The number of carbonyl (C=O) groups is 1. The zero-order chi connectivity index (χ0) is 14.1. The molecule has 1 amide bonds. The van der Waals surface area contributed by atoms with Gasteiger partial charge < -0.3 is 0 Å². The van der Waals surface area contributed by atoms with Gasteiger partial charge in [0, 0.05) is 0 Å². The van der Waals surface area contributed by atoms with Gasteiger partial charge in [0.05, 0.1) is 0 Å². The van der Waals surface area contributed by atoms with Gasteiger partial charge >= 0.3 is 102 Å². The summed E-state index contributed by atoms with van der Waals surface area (Å²) in [5.74, 6) is 0.833. The van der Waals surface area contributed by atoms with Gasteiger partial charge in [0.2, 0.25) is 0 Å². The van der Waals surface area contributed by atoms with Gasteiger partial charge in [-0.05, 0) is 5.92 Å². The maximum atomic E-state index is 10.9. The predicted molar refractivity (Wildman–Crippen MR) is 79.1 cm³/mol. The first kappa shape index (κ1) is 18.4. The molecule has 3 nitrogen and oxygen atoms in total. The van der Waals surface area contributed by atoms with Crippen molar-refractivity contribution in [2.45, 2.75) is 78.4 Å². The molecule has 1 saturated carbocycles. The predicted octanol–water partition coefficient (Wildman–Crippen LogP) is 2.84. The Bertz CT molecular complexity index is 221. The fourth-order valence-corrected chi connectivity index (χ4v) is 2.85. The molecule has 0 aromatic carbocycles. The van der Waals surface area contributed by atoms with Crippen LogP contribution >= 0.6 is 0 Å². The van der Waals surface area contributed by atoms with Crippen molar-refractivity contribution < 1.29 is 4.79 Å². The van der Waals surface area contributed by atoms with Gasteiger partial charge in [-0.2, -0.15) is 0 Å². The topological polar surface area (TPSA) is 41.1 Å². The van der Waals surface area contributed by atoms with Crippen LogP contribution in [0.5, 0.6) is 0 Å². The summed E-state index contributed by atoms with van der Waals surface area (Å²) < 4.78 is 0.241. The third-order valence-corrected chi connectivity index (χ3v) is 3.19. The molecule has 1 aliphatic carbocycles. The molecule has 0 spiro atoms. The molecule has 3 radical (unpaired) electrons. The molecule has 105 valence electrons. The van der Waals surface area contributed by atoms with E-state index in [1.165, 1.54) is 12.8 Å². The second kappa shape index (κ2) is 10.2. The summed E-state index contributed by atoms with van der Waals surface area (Å²) in [6.45, 7) is 10.9. The van der Waals surface area contributed by atoms with Crippen LogP contribution in [-0.2, 0) is 0 Å². The number of amides is 1. The zero-order valence-corrected chi connectivity index (χ0v) is 16.4. The minimum absolute atomic E-state index is 0.241. The van der Waals surface area contributed by atoms with Gasteiger partial charge in [0.1, 0.15) is 0 Å². The Morgan fingerprint density at radius 3 is 1.72 bits per heavy atom. The Labute approximate surface area is 129 Å². The minimum atomic E-state index is 0.241. The van der Waals surface area contributed by atoms with E-state index in [2.05, 4.69) is 45.3 Å². The van der Waals surface area contributed by atoms with Crippen LogP contribution in [0, 0.1) is 5.92 Å². The van der Waals surface area contributed by atoms with Gasteiger partial charge in [0.25, 0.3) is 0 Å². The summed E-state index contributed by atoms with van der Waals surface area (Å²) in [6, 6.07) is 1.69. The van der Waals surface area contributed by atoms with Gasteiger partial charge in [-0.3, -0.25) is 0 Å². The molecule has 1 rings (SSSR count). The van der Waals surface area contributed by atoms with E-state index in [0.29, 0.717) is 43.9 Å². The summed E-state index contributed by atoms with van der Waals surface area (Å²) in [5.41, 5.74) is 0. The van der Waals surface area contributed by atoms with Crippen LogP contribution in [0.1, 0.15) is 60.3 Å². The molecule has 0 aromatic heterocycles. The normalized spacial score (nSPS) is 23.6. The SMILES string of the molecule is CC(C)C.CC(C)NC1CCC(N[C](=O)[Pb])CC1. The average molecular weight is 449 g/mol. The summed E-state index contributed by atoms with van der Waals surface area (Å²) in [7, 11) is 0. The van der Waals surface area contributed by atoms with Crippen molar-refractivity contribution in [2.24, 2.45) is 5.92 Å². The molecule has 4 heteroatoms. The maximum absolute atomic E-state index is 10.9. The standard InChI is InChI=1S/C10H19N2O.C4H10.Pb/c1-8(2)12-10-5-3-9(4-6-10)11-7-13;1-4(2)3;/h8-10,12H,3-6H2,1-2H3,(H,11,13);4H,1-3H3;. The van der Waals surface area contributed by atoms with Crippen molar-refractivity contribution in [1.82, 2.24) is 10.6 Å². The number of rotatable bonds is 3. The first-order valence-corrected chi connectivity index (χ1v) is 9.03. The van der Waals surface area contributed by atoms with Crippen LogP contribution in [0.3, 0.4) is 0 Å². The number of carbonyl (C=O) groups excluding carboxylic acids is 1. The van der Waals surface area contributed by atoms with Crippen molar-refractivity contribution in [3.8, 4) is 0 Å². The second-order valence-electron chi connectivity index (χ2n) is 6.08. The Morgan fingerprint density at radius 2 is 1.39 bits per heavy atom. The van der Waals surface area contributed by atoms with Crippen LogP contribution in [0.15, 0.2) is 0 Å². The van der Waals surface area contributed by atoms with E-state index in [9.17, 15) is 4.79 Å². The van der Waals surface area contributed by atoms with E-state index >= 15 is 0 Å². The van der Waals surface area contributed by atoms with Crippen LogP contribution < -0.4 is 10.6 Å². The monoisotopic (exact) mass is 449 g/mol. The molecular weight excluding hydrogens is 419 g/mol. The van der Waals surface area contributed by atoms with Crippen molar-refractivity contribution >= 4 is 29.2 Å². The molecule has 0 atom stereocenters. The number of nitrogens with one attached hydrogen (secondary N) is 2. The average Bonchev–Trinajstić information content (AvgIpc) is 2.18. The molecule has 1 fully saturated rings. The quantitative estimate of drug-likeness (QED) is 0.652. The van der Waals surface area contributed by atoms with Crippen LogP contribution in [0.2, 0.25) is 0 Å². The first-order chi connectivity index (χ1) is 8.31. The first-order valence-electron chi connectivity index (χ1n) is 7.09. The molecule has 0 heterocycles. The molecule has 0 unspecified atom stereocenters. The molecule has 0 aliphatic heterocycles. The summed E-state index contributed by atoms with van der Waals surface area (Å²) in [5, 5.41) is 6.60. The Morgan fingerprint density at radius 1 is 1.00 bits per heavy atom. The molecule has 0 saturated heterocycles. The van der Waals surface area contributed by atoms with Crippen LogP contribution in [0.4, 0.5) is 4.79 Å². The van der Waals surface area contributed by atoms with E-state index in [1.807, 2.05) is 0 Å². The molecule has 2 N–H and O–H groups in total. The molecule has 0 aromatic rings. The third kappa shape index (κ3) is 11.4. The summed E-state index contributed by atoms with van der Waals surface area (Å²) in [6.07, 6.45) is 4.67. The van der Waals surface area contributed by atoms with Crippen LogP contribution in [0.25, 0.3) is 0 Å². The van der Waals surface area contributed by atoms with E-state index in [0.717, 1.165) is 18.8 Å². The van der Waals surface area contributed by atoms with Crippen molar-refractivity contribution in [1.29, 1.82) is 0 Å². The van der Waals surface area contributed by atoms with Crippen LogP contribution in [-0.4, -0.2) is 47.4 Å². The molecular formula is C14H29N2OPb. The number of hydrogen-bond acceptors (Lipinski definition) is 2. The second-order valence-corrected chi connectivity index (χ2v) is 7.84. The fraction of sp³-hybridized carbons (Fsp3) is 0.929. The van der Waals surface area contributed by atoms with Gasteiger partial charge in [-0.1, -0.05) is 20.8 Å². The Hall–Kier alpha value is 0.352. The van der Waals surface area contributed by atoms with E-state index in [4.69, 9.17) is 0 Å². The number of hydrogen-bond donors (Lipinski definition) is 2. The van der Waals surface area contributed by atoms with Gasteiger partial charge in [-0.15, -0.1) is 0 Å². The summed E-state index contributed by atoms with van der Waals surface area (Å²) in [4.78, 5) is 10.9. The van der Waals surface area contributed by atoms with E-state index in [1.54, 1.807) is 0 Å². The van der Waals surface area contributed by atoms with Crippen molar-refractivity contribution in [3.05, 3.63) is 0 Å². The molecule has 0 bridgehead atoms. The van der Waals surface area contributed by atoms with E-state index < -0.39 is 0 Å². The zero-order valence-electron chi connectivity index (χ0n) is 12.5. The van der Waals surface area contributed by atoms with Crippen molar-refractivity contribution in [2.75, 3.05) is 0 Å². The fourth-order valence-electron chi connectivity index (χ4n) is 2.06. The van der Waals surface area contributed by atoms with E-state index in [-0.39, 0.29) is 3.47 Å².